The number of rotatable bonds is 7. The molecule has 0 bridgehead atoms. The lowest BCUT2D eigenvalue weighted by atomic mass is 9.96. The van der Waals surface area contributed by atoms with E-state index in [0.717, 1.165) is 14.8 Å². The molecule has 0 amide bonds. The lowest BCUT2D eigenvalue weighted by molar-refractivity contribution is 0.0967. The average Bonchev–Trinajstić information content (AvgIpc) is 3.30. The standard InChI is InChI=1S/C27H19FN2O4S2/c28-20-11-9-19(10-12-20)26-22(18-7-5-17(6-8-18)16-36(33)34)13-29-30(27(26)32)14-24(31)23-15-35-25-4-2-1-3-21(23)25/h1-13,15H,14,16H2,(H,33,34)/p-1. The predicted molar refractivity (Wildman–Crippen MR) is 138 cm³/mol. The molecule has 6 nitrogen and oxygen atoms in total. The SMILES string of the molecule is O=C(Cn1ncc(-c2ccc(CS(=O)[O-])cc2)c(-c2ccc(F)cc2)c1=O)c1csc2ccccc12. The van der Waals surface area contributed by atoms with Crippen molar-refractivity contribution in [2.75, 3.05) is 0 Å². The number of benzene rings is 3. The Morgan fingerprint density at radius 2 is 1.69 bits per heavy atom. The molecule has 1 unspecified atom stereocenters. The van der Waals surface area contributed by atoms with E-state index in [9.17, 15) is 22.7 Å². The number of ketones is 1. The second kappa shape index (κ2) is 10.1. The molecule has 0 spiro atoms. The lowest BCUT2D eigenvalue weighted by Crippen LogP contribution is -2.28. The van der Waals surface area contributed by atoms with Crippen LogP contribution in [0.4, 0.5) is 4.39 Å². The van der Waals surface area contributed by atoms with E-state index in [2.05, 4.69) is 5.10 Å². The van der Waals surface area contributed by atoms with Gasteiger partial charge in [-0.25, -0.2) is 9.07 Å². The molecule has 2 aromatic heterocycles. The van der Waals surface area contributed by atoms with E-state index < -0.39 is 22.5 Å². The van der Waals surface area contributed by atoms with Gasteiger partial charge in [0.1, 0.15) is 12.4 Å². The van der Waals surface area contributed by atoms with Gasteiger partial charge in [0, 0.05) is 32.3 Å². The van der Waals surface area contributed by atoms with Crippen LogP contribution in [-0.2, 0) is 23.4 Å². The monoisotopic (exact) mass is 517 g/mol. The van der Waals surface area contributed by atoms with Gasteiger partial charge in [0.15, 0.2) is 5.78 Å². The molecular formula is C27H18FN2O4S2-. The summed E-state index contributed by atoms with van der Waals surface area (Å²) in [4.78, 5) is 26.7. The van der Waals surface area contributed by atoms with Crippen molar-refractivity contribution in [2.24, 2.45) is 0 Å². The first kappa shape index (κ1) is 23.9. The van der Waals surface area contributed by atoms with Crippen LogP contribution >= 0.6 is 11.3 Å². The zero-order valence-corrected chi connectivity index (χ0v) is 20.4. The summed E-state index contributed by atoms with van der Waals surface area (Å²) < 4.78 is 37.7. The van der Waals surface area contributed by atoms with E-state index in [-0.39, 0.29) is 23.6 Å². The molecule has 1 atom stereocenters. The van der Waals surface area contributed by atoms with Crippen LogP contribution in [0.15, 0.2) is 89.2 Å². The molecule has 3 aromatic carbocycles. The first-order valence-electron chi connectivity index (χ1n) is 10.9. The number of thiophene rings is 1. The van der Waals surface area contributed by atoms with E-state index in [0.29, 0.717) is 27.8 Å². The molecule has 0 saturated carbocycles. The van der Waals surface area contributed by atoms with E-state index >= 15 is 0 Å². The van der Waals surface area contributed by atoms with Gasteiger partial charge in [-0.05, 0) is 34.9 Å². The third-order valence-electron chi connectivity index (χ3n) is 5.80. The molecule has 0 aliphatic carbocycles. The van der Waals surface area contributed by atoms with Gasteiger partial charge in [-0.1, -0.05) is 65.7 Å². The van der Waals surface area contributed by atoms with Crippen LogP contribution in [0.5, 0.6) is 0 Å². The Morgan fingerprint density at radius 3 is 2.42 bits per heavy atom. The summed E-state index contributed by atoms with van der Waals surface area (Å²) in [5, 5.41) is 6.88. The summed E-state index contributed by atoms with van der Waals surface area (Å²) in [5.74, 6) is -0.802. The Hall–Kier alpha value is -3.79. The fourth-order valence-corrected chi connectivity index (χ4v) is 5.48. The predicted octanol–water partition coefficient (Wildman–Crippen LogP) is 5.19. The van der Waals surface area contributed by atoms with Crippen LogP contribution < -0.4 is 5.56 Å². The van der Waals surface area contributed by atoms with Crippen LogP contribution in [-0.4, -0.2) is 24.3 Å². The minimum Gasteiger partial charge on any atom is -0.772 e. The van der Waals surface area contributed by atoms with Crippen LogP contribution in [0, 0.1) is 5.82 Å². The Labute approximate surface area is 212 Å². The Balaban J connectivity index is 1.57. The highest BCUT2D eigenvalue weighted by atomic mass is 32.2. The Morgan fingerprint density at radius 1 is 1.00 bits per heavy atom. The van der Waals surface area contributed by atoms with Crippen molar-refractivity contribution in [1.82, 2.24) is 9.78 Å². The molecule has 0 aliphatic heterocycles. The van der Waals surface area contributed by atoms with Crippen molar-refractivity contribution in [1.29, 1.82) is 0 Å². The topological polar surface area (TPSA) is 92.1 Å². The molecule has 0 radical (unpaired) electrons. The molecule has 180 valence electrons. The number of Topliss-reactive ketones (excluding diaryl/α,β-unsaturated/α-hetero) is 1. The fourth-order valence-electron chi connectivity index (χ4n) is 4.05. The van der Waals surface area contributed by atoms with Crippen molar-refractivity contribution < 1.29 is 17.9 Å². The molecule has 36 heavy (non-hydrogen) atoms. The summed E-state index contributed by atoms with van der Waals surface area (Å²) >= 11 is -0.761. The maximum atomic E-state index is 13.6. The third-order valence-corrected chi connectivity index (χ3v) is 7.33. The first-order chi connectivity index (χ1) is 17.4. The van der Waals surface area contributed by atoms with E-state index in [4.69, 9.17) is 0 Å². The van der Waals surface area contributed by atoms with Crippen LogP contribution in [0.3, 0.4) is 0 Å². The number of aromatic nitrogens is 2. The van der Waals surface area contributed by atoms with E-state index in [1.54, 1.807) is 29.6 Å². The molecule has 9 heteroatoms. The highest BCUT2D eigenvalue weighted by molar-refractivity contribution is 7.78. The second-order valence-corrected chi connectivity index (χ2v) is 9.92. The van der Waals surface area contributed by atoms with E-state index in [1.165, 1.54) is 41.8 Å². The second-order valence-electron chi connectivity index (χ2n) is 8.12. The van der Waals surface area contributed by atoms with Gasteiger partial charge in [-0.2, -0.15) is 5.10 Å². The minimum absolute atomic E-state index is 0.121. The van der Waals surface area contributed by atoms with Crippen LogP contribution in [0.1, 0.15) is 15.9 Å². The third kappa shape index (κ3) is 4.81. The zero-order chi connectivity index (χ0) is 25.2. The van der Waals surface area contributed by atoms with Crippen LogP contribution in [0.2, 0.25) is 0 Å². The number of hydrogen-bond donors (Lipinski definition) is 0. The smallest absolute Gasteiger partial charge is 0.275 e. The molecular weight excluding hydrogens is 499 g/mol. The van der Waals surface area contributed by atoms with Gasteiger partial charge in [0.25, 0.3) is 5.56 Å². The van der Waals surface area contributed by atoms with Gasteiger partial charge < -0.3 is 4.55 Å². The molecule has 0 aliphatic rings. The fraction of sp³-hybridized carbons (Fsp3) is 0.0741. The van der Waals surface area contributed by atoms with Crippen molar-refractivity contribution >= 4 is 38.3 Å². The molecule has 2 heterocycles. The highest BCUT2D eigenvalue weighted by Crippen LogP contribution is 2.30. The number of halogens is 1. The van der Waals surface area contributed by atoms with Gasteiger partial charge in [-0.15, -0.1) is 11.3 Å². The maximum absolute atomic E-state index is 13.6. The molecule has 0 N–H and O–H groups in total. The number of carbonyl (C=O) groups is 1. The highest BCUT2D eigenvalue weighted by Gasteiger charge is 2.19. The zero-order valence-electron chi connectivity index (χ0n) is 18.7. The summed E-state index contributed by atoms with van der Waals surface area (Å²) in [5.41, 5.74) is 2.52. The summed E-state index contributed by atoms with van der Waals surface area (Å²) in [7, 11) is 0. The van der Waals surface area contributed by atoms with Crippen molar-refractivity contribution in [2.45, 2.75) is 12.3 Å². The Bertz CT molecular complexity index is 1660. The quantitative estimate of drug-likeness (QED) is 0.219. The maximum Gasteiger partial charge on any atom is 0.275 e. The Kier molecular flexibility index (Phi) is 6.69. The summed E-state index contributed by atoms with van der Waals surface area (Å²) in [6, 6.07) is 19.8. The van der Waals surface area contributed by atoms with Crippen molar-refractivity contribution in [3.8, 4) is 22.3 Å². The van der Waals surface area contributed by atoms with Gasteiger partial charge in [0.05, 0.1) is 11.8 Å². The molecule has 0 fully saturated rings. The molecule has 0 saturated heterocycles. The number of carbonyl (C=O) groups excluding carboxylic acids is 1. The first-order valence-corrected chi connectivity index (χ1v) is 13.0. The van der Waals surface area contributed by atoms with Gasteiger partial charge >= 0.3 is 0 Å². The minimum atomic E-state index is -2.22. The number of nitrogens with zero attached hydrogens (tertiary/aromatic N) is 2. The average molecular weight is 518 g/mol. The van der Waals surface area contributed by atoms with Crippen LogP contribution in [0.25, 0.3) is 32.3 Å². The summed E-state index contributed by atoms with van der Waals surface area (Å²) in [6.45, 7) is -0.248. The van der Waals surface area contributed by atoms with Crippen molar-refractivity contribution in [3.05, 3.63) is 112 Å². The molecule has 5 aromatic rings. The largest absolute Gasteiger partial charge is 0.772 e. The molecule has 5 rings (SSSR count). The van der Waals surface area contributed by atoms with Gasteiger partial charge in [0.2, 0.25) is 0 Å². The van der Waals surface area contributed by atoms with E-state index in [1.807, 2.05) is 24.3 Å². The lowest BCUT2D eigenvalue weighted by Gasteiger charge is -2.13. The van der Waals surface area contributed by atoms with Crippen molar-refractivity contribution in [3.63, 3.8) is 0 Å². The number of fused-ring (bicyclic) bond motifs is 1. The summed E-state index contributed by atoms with van der Waals surface area (Å²) in [6.07, 6.45) is 1.50. The number of hydrogen-bond acceptors (Lipinski definition) is 6. The normalized spacial score (nSPS) is 12.1. The van der Waals surface area contributed by atoms with Gasteiger partial charge in [-0.3, -0.25) is 13.8 Å².